The lowest BCUT2D eigenvalue weighted by Crippen LogP contribution is -2.30. The third kappa shape index (κ3) is 6.60. The predicted molar refractivity (Wildman–Crippen MR) is 92.6 cm³/mol. The third-order valence-electron chi connectivity index (χ3n) is 4.22. The van der Waals surface area contributed by atoms with Crippen LogP contribution in [0.25, 0.3) is 0 Å². The van der Waals surface area contributed by atoms with Crippen LogP contribution in [0.4, 0.5) is 0 Å². The summed E-state index contributed by atoms with van der Waals surface area (Å²) in [6.45, 7) is 14.3. The Morgan fingerprint density at radius 3 is 2.00 bits per heavy atom. The molecule has 0 aromatic heterocycles. The van der Waals surface area contributed by atoms with Gasteiger partial charge < -0.3 is 10.6 Å². The van der Waals surface area contributed by atoms with Gasteiger partial charge in [-0.05, 0) is 63.2 Å². The monoisotopic (exact) mass is 291 g/mol. The van der Waals surface area contributed by atoms with Crippen LogP contribution in [0.5, 0.6) is 0 Å². The molecule has 1 rings (SSSR count). The molecule has 0 bridgehead atoms. The Kier molecular flexibility index (Phi) is 9.31. The molecule has 1 aromatic rings. The number of benzene rings is 1. The van der Waals surface area contributed by atoms with Crippen molar-refractivity contribution in [1.82, 2.24) is 9.80 Å². The van der Waals surface area contributed by atoms with Crippen molar-refractivity contribution in [2.45, 2.75) is 40.2 Å². The number of hydrogen-bond donors (Lipinski definition) is 1. The molecule has 0 spiro atoms. The van der Waals surface area contributed by atoms with Crippen molar-refractivity contribution in [3.63, 3.8) is 0 Å². The van der Waals surface area contributed by atoms with Crippen molar-refractivity contribution >= 4 is 0 Å². The third-order valence-corrected chi connectivity index (χ3v) is 4.22. The molecule has 0 saturated heterocycles. The second-order valence-electron chi connectivity index (χ2n) is 5.56. The fourth-order valence-electron chi connectivity index (χ4n) is 2.76. The molecule has 1 aromatic carbocycles. The van der Waals surface area contributed by atoms with Crippen molar-refractivity contribution in [2.24, 2.45) is 5.73 Å². The second kappa shape index (κ2) is 10.8. The number of nitrogens with two attached hydrogens (primary N) is 1. The van der Waals surface area contributed by atoms with Crippen LogP contribution < -0.4 is 5.73 Å². The zero-order chi connectivity index (χ0) is 15.5. The Hall–Kier alpha value is -0.900. The van der Waals surface area contributed by atoms with E-state index in [1.165, 1.54) is 30.6 Å². The van der Waals surface area contributed by atoms with Crippen LogP contribution in [-0.4, -0.2) is 49.1 Å². The predicted octanol–water partition coefficient (Wildman–Crippen LogP) is 2.74. The first-order valence-corrected chi connectivity index (χ1v) is 8.46. The maximum Gasteiger partial charge on any atom is 0.0236 e. The van der Waals surface area contributed by atoms with E-state index < -0.39 is 0 Å². The van der Waals surface area contributed by atoms with E-state index in [1.54, 1.807) is 0 Å². The molecule has 0 saturated carbocycles. The molecule has 0 fully saturated rings. The molecular weight excluding hydrogens is 258 g/mol. The topological polar surface area (TPSA) is 32.5 Å². The van der Waals surface area contributed by atoms with Gasteiger partial charge in [0.25, 0.3) is 0 Å². The average molecular weight is 291 g/mol. The largest absolute Gasteiger partial charge is 0.330 e. The van der Waals surface area contributed by atoms with Crippen LogP contribution in [0.1, 0.15) is 38.3 Å². The summed E-state index contributed by atoms with van der Waals surface area (Å²) < 4.78 is 0. The zero-order valence-corrected chi connectivity index (χ0v) is 14.1. The Labute approximate surface area is 131 Å². The van der Waals surface area contributed by atoms with E-state index in [1.807, 2.05) is 0 Å². The maximum absolute atomic E-state index is 5.72. The summed E-state index contributed by atoms with van der Waals surface area (Å²) >= 11 is 0. The maximum atomic E-state index is 5.72. The minimum Gasteiger partial charge on any atom is -0.330 e. The second-order valence-corrected chi connectivity index (χ2v) is 5.56. The quantitative estimate of drug-likeness (QED) is 0.680. The zero-order valence-electron chi connectivity index (χ0n) is 14.1. The normalized spacial score (nSPS) is 11.5. The van der Waals surface area contributed by atoms with Crippen LogP contribution in [0.2, 0.25) is 0 Å². The molecule has 2 N–H and O–H groups in total. The number of nitrogens with zero attached hydrogens (tertiary/aromatic N) is 2. The van der Waals surface area contributed by atoms with Gasteiger partial charge in [0.2, 0.25) is 0 Å². The summed E-state index contributed by atoms with van der Waals surface area (Å²) in [4.78, 5) is 5.04. The number of hydrogen-bond acceptors (Lipinski definition) is 3. The van der Waals surface area contributed by atoms with Gasteiger partial charge in [0.15, 0.2) is 0 Å². The van der Waals surface area contributed by atoms with Crippen LogP contribution >= 0.6 is 0 Å². The van der Waals surface area contributed by atoms with Gasteiger partial charge >= 0.3 is 0 Å². The Bertz CT molecular complexity index is 374. The Balaban J connectivity index is 2.50. The highest BCUT2D eigenvalue weighted by Gasteiger charge is 2.08. The lowest BCUT2D eigenvalue weighted by molar-refractivity contribution is 0.238. The SMILES string of the molecule is CCN(CC)CCCN(CC)Cc1ccccc1CCN. The fraction of sp³-hybridized carbons (Fsp3) is 0.667. The highest BCUT2D eigenvalue weighted by atomic mass is 15.1. The fourth-order valence-corrected chi connectivity index (χ4v) is 2.76. The summed E-state index contributed by atoms with van der Waals surface area (Å²) in [5.74, 6) is 0. The standard InChI is InChI=1S/C18H33N3/c1-4-20(5-2)14-9-15-21(6-3)16-18-11-8-7-10-17(18)12-13-19/h7-8,10-11H,4-6,9,12-16,19H2,1-3H3. The van der Waals surface area contributed by atoms with Crippen LogP contribution in [0, 0.1) is 0 Å². The first kappa shape index (κ1) is 18.1. The molecule has 3 nitrogen and oxygen atoms in total. The van der Waals surface area contributed by atoms with Gasteiger partial charge in [-0.1, -0.05) is 45.0 Å². The van der Waals surface area contributed by atoms with E-state index >= 15 is 0 Å². The average Bonchev–Trinajstić information content (AvgIpc) is 2.52. The van der Waals surface area contributed by atoms with Gasteiger partial charge in [0.1, 0.15) is 0 Å². The van der Waals surface area contributed by atoms with Gasteiger partial charge in [-0.25, -0.2) is 0 Å². The Morgan fingerprint density at radius 1 is 0.857 bits per heavy atom. The Morgan fingerprint density at radius 2 is 1.43 bits per heavy atom. The molecule has 3 heteroatoms. The van der Waals surface area contributed by atoms with E-state index in [-0.39, 0.29) is 0 Å². The lowest BCUT2D eigenvalue weighted by Gasteiger charge is -2.24. The summed E-state index contributed by atoms with van der Waals surface area (Å²) in [5.41, 5.74) is 8.56. The summed E-state index contributed by atoms with van der Waals surface area (Å²) in [7, 11) is 0. The van der Waals surface area contributed by atoms with Crippen LogP contribution in [0.3, 0.4) is 0 Å². The van der Waals surface area contributed by atoms with Gasteiger partial charge in [0.05, 0.1) is 0 Å². The highest BCUT2D eigenvalue weighted by molar-refractivity contribution is 5.27. The molecule has 0 radical (unpaired) electrons. The molecule has 21 heavy (non-hydrogen) atoms. The van der Waals surface area contributed by atoms with Crippen molar-refractivity contribution in [3.8, 4) is 0 Å². The van der Waals surface area contributed by atoms with E-state index in [0.717, 1.165) is 39.1 Å². The molecule has 120 valence electrons. The van der Waals surface area contributed by atoms with Crippen LogP contribution in [0.15, 0.2) is 24.3 Å². The smallest absolute Gasteiger partial charge is 0.0236 e. The van der Waals surface area contributed by atoms with E-state index in [4.69, 9.17) is 5.73 Å². The molecular formula is C18H33N3. The number of rotatable bonds is 11. The van der Waals surface area contributed by atoms with E-state index in [9.17, 15) is 0 Å². The summed E-state index contributed by atoms with van der Waals surface area (Å²) in [5, 5.41) is 0. The molecule has 0 amide bonds. The molecule has 0 aliphatic carbocycles. The first-order chi connectivity index (χ1) is 10.2. The lowest BCUT2D eigenvalue weighted by atomic mass is 10.0. The van der Waals surface area contributed by atoms with Gasteiger partial charge in [-0.2, -0.15) is 0 Å². The summed E-state index contributed by atoms with van der Waals surface area (Å²) in [6, 6.07) is 8.72. The highest BCUT2D eigenvalue weighted by Crippen LogP contribution is 2.12. The minimum atomic E-state index is 0.727. The van der Waals surface area contributed by atoms with Gasteiger partial charge in [-0.3, -0.25) is 4.90 Å². The van der Waals surface area contributed by atoms with Gasteiger partial charge in [-0.15, -0.1) is 0 Å². The van der Waals surface area contributed by atoms with Crippen molar-refractivity contribution in [3.05, 3.63) is 35.4 Å². The van der Waals surface area contributed by atoms with E-state index in [0.29, 0.717) is 0 Å². The first-order valence-electron chi connectivity index (χ1n) is 8.46. The molecule has 0 unspecified atom stereocenters. The van der Waals surface area contributed by atoms with Crippen molar-refractivity contribution in [1.29, 1.82) is 0 Å². The van der Waals surface area contributed by atoms with Crippen LogP contribution in [-0.2, 0) is 13.0 Å². The van der Waals surface area contributed by atoms with Gasteiger partial charge in [0, 0.05) is 6.54 Å². The molecule has 0 aliphatic heterocycles. The molecule has 0 atom stereocenters. The van der Waals surface area contributed by atoms with Crippen molar-refractivity contribution in [2.75, 3.05) is 39.3 Å². The van der Waals surface area contributed by atoms with Crippen molar-refractivity contribution < 1.29 is 0 Å². The molecule has 0 aliphatic rings. The summed E-state index contributed by atoms with van der Waals surface area (Å²) in [6.07, 6.45) is 2.22. The van der Waals surface area contributed by atoms with E-state index in [2.05, 4.69) is 54.8 Å². The minimum absolute atomic E-state index is 0.727. The molecule has 0 heterocycles.